The van der Waals surface area contributed by atoms with Gasteiger partial charge in [0.05, 0.1) is 0 Å². The molecule has 0 unspecified atom stereocenters. The summed E-state index contributed by atoms with van der Waals surface area (Å²) < 4.78 is 0. The van der Waals surface area contributed by atoms with Gasteiger partial charge < -0.3 is 0 Å². The van der Waals surface area contributed by atoms with Crippen molar-refractivity contribution in [3.05, 3.63) is 35.4 Å². The van der Waals surface area contributed by atoms with Crippen molar-refractivity contribution < 1.29 is 0 Å². The number of aryl methyl sites for hydroxylation is 1. The Bertz CT molecular complexity index is 292. The van der Waals surface area contributed by atoms with Crippen molar-refractivity contribution in [1.82, 2.24) is 0 Å². The molecule has 0 aliphatic heterocycles. The predicted octanol–water partition coefficient (Wildman–Crippen LogP) is 5.57. The topological polar surface area (TPSA) is 0 Å². The highest BCUT2D eigenvalue weighted by Crippen LogP contribution is 2.16. The normalized spacial score (nSPS) is 11.4. The predicted molar refractivity (Wildman–Crippen MR) is 77.5 cm³/mol. The molecule has 17 heavy (non-hydrogen) atoms. The minimum Gasteiger partial charge on any atom is -0.0628 e. The van der Waals surface area contributed by atoms with Crippen LogP contribution in [-0.2, 0) is 6.42 Å². The van der Waals surface area contributed by atoms with Crippen LogP contribution in [0.25, 0.3) is 0 Å². The van der Waals surface area contributed by atoms with Crippen LogP contribution in [0.5, 0.6) is 0 Å². The maximum absolute atomic E-state index is 2.31. The first-order chi connectivity index (χ1) is 8.09. The van der Waals surface area contributed by atoms with E-state index in [0.717, 1.165) is 5.92 Å². The van der Waals surface area contributed by atoms with E-state index in [1.54, 1.807) is 0 Å². The summed E-state index contributed by atoms with van der Waals surface area (Å²) in [6.07, 6.45) is 6.74. The molecule has 0 heteroatoms. The van der Waals surface area contributed by atoms with Crippen LogP contribution in [0, 0.1) is 5.92 Å². The molecule has 0 radical (unpaired) electrons. The molecule has 0 nitrogen and oxygen atoms in total. The van der Waals surface area contributed by atoms with E-state index in [4.69, 9.17) is 0 Å². The summed E-state index contributed by atoms with van der Waals surface area (Å²) >= 11 is 0. The number of hydrogen-bond acceptors (Lipinski definition) is 0. The van der Waals surface area contributed by atoms with Crippen molar-refractivity contribution in [3.63, 3.8) is 0 Å². The summed E-state index contributed by atoms with van der Waals surface area (Å²) in [6, 6.07) is 9.18. The first-order valence-corrected chi connectivity index (χ1v) is 7.18. The summed E-state index contributed by atoms with van der Waals surface area (Å²) in [5, 5.41) is 0. The zero-order valence-electron chi connectivity index (χ0n) is 12.0. The molecule has 0 aliphatic carbocycles. The van der Waals surface area contributed by atoms with E-state index >= 15 is 0 Å². The molecule has 0 spiro atoms. The third-order valence-electron chi connectivity index (χ3n) is 3.39. The van der Waals surface area contributed by atoms with E-state index < -0.39 is 0 Å². The third kappa shape index (κ3) is 5.91. The second-order valence-corrected chi connectivity index (χ2v) is 5.89. The van der Waals surface area contributed by atoms with Gasteiger partial charge in [-0.2, -0.15) is 0 Å². The summed E-state index contributed by atoms with van der Waals surface area (Å²) in [7, 11) is 0. The second-order valence-electron chi connectivity index (χ2n) is 5.89. The molecule has 1 rings (SSSR count). The summed E-state index contributed by atoms with van der Waals surface area (Å²) in [6.45, 7) is 9.12. The highest BCUT2D eigenvalue weighted by molar-refractivity contribution is 5.24. The van der Waals surface area contributed by atoms with Crippen LogP contribution >= 0.6 is 0 Å². The second kappa shape index (κ2) is 7.53. The van der Waals surface area contributed by atoms with Crippen molar-refractivity contribution in [1.29, 1.82) is 0 Å². The summed E-state index contributed by atoms with van der Waals surface area (Å²) in [5.41, 5.74) is 2.95. The lowest BCUT2D eigenvalue weighted by Crippen LogP contribution is -1.91. The lowest BCUT2D eigenvalue weighted by Gasteiger charge is -2.07. The van der Waals surface area contributed by atoms with Crippen molar-refractivity contribution in [3.8, 4) is 0 Å². The zero-order valence-corrected chi connectivity index (χ0v) is 12.0. The van der Waals surface area contributed by atoms with Gasteiger partial charge in [-0.1, -0.05) is 71.2 Å². The van der Waals surface area contributed by atoms with E-state index in [1.807, 2.05) is 0 Å². The van der Waals surface area contributed by atoms with Crippen LogP contribution in [0.2, 0.25) is 0 Å². The van der Waals surface area contributed by atoms with Crippen LogP contribution < -0.4 is 0 Å². The molecule has 0 fully saturated rings. The Balaban J connectivity index is 2.23. The largest absolute Gasteiger partial charge is 0.0628 e. The molecule has 0 aliphatic rings. The Hall–Kier alpha value is -0.780. The first kappa shape index (κ1) is 14.3. The molecule has 0 heterocycles. The molecule has 96 valence electrons. The summed E-state index contributed by atoms with van der Waals surface area (Å²) in [5.74, 6) is 1.51. The van der Waals surface area contributed by atoms with E-state index in [1.165, 1.54) is 43.2 Å². The third-order valence-corrected chi connectivity index (χ3v) is 3.39. The minimum atomic E-state index is 0.648. The fourth-order valence-corrected chi connectivity index (χ4v) is 2.13. The zero-order chi connectivity index (χ0) is 12.7. The molecule has 0 saturated heterocycles. The molecule has 0 atom stereocenters. The molecule has 0 bridgehead atoms. The Morgan fingerprint density at radius 1 is 0.824 bits per heavy atom. The molecular formula is C17H28. The minimum absolute atomic E-state index is 0.648. The Morgan fingerprint density at radius 3 is 2.00 bits per heavy atom. The fraction of sp³-hybridized carbons (Fsp3) is 0.647. The molecule has 0 aromatic heterocycles. The van der Waals surface area contributed by atoms with Gasteiger partial charge in [-0.3, -0.25) is 0 Å². The number of rotatable bonds is 7. The fourth-order valence-electron chi connectivity index (χ4n) is 2.13. The van der Waals surface area contributed by atoms with Gasteiger partial charge in [0, 0.05) is 0 Å². The maximum Gasteiger partial charge on any atom is -0.0219 e. The smallest absolute Gasteiger partial charge is 0.0219 e. The molecule has 0 amide bonds. The summed E-state index contributed by atoms with van der Waals surface area (Å²) in [4.78, 5) is 0. The Morgan fingerprint density at radius 2 is 1.47 bits per heavy atom. The van der Waals surface area contributed by atoms with Crippen molar-refractivity contribution in [2.75, 3.05) is 0 Å². The van der Waals surface area contributed by atoms with Gasteiger partial charge >= 0.3 is 0 Å². The average Bonchev–Trinajstić information content (AvgIpc) is 2.29. The van der Waals surface area contributed by atoms with Crippen LogP contribution in [0.15, 0.2) is 24.3 Å². The van der Waals surface area contributed by atoms with Crippen LogP contribution in [0.1, 0.15) is 70.4 Å². The molecule has 1 aromatic rings. The first-order valence-electron chi connectivity index (χ1n) is 7.18. The Kier molecular flexibility index (Phi) is 6.32. The van der Waals surface area contributed by atoms with Gasteiger partial charge in [-0.25, -0.2) is 0 Å². The molecule has 1 aromatic carbocycles. The van der Waals surface area contributed by atoms with E-state index in [9.17, 15) is 0 Å². The van der Waals surface area contributed by atoms with Crippen molar-refractivity contribution >= 4 is 0 Å². The van der Waals surface area contributed by atoms with E-state index in [-0.39, 0.29) is 0 Å². The van der Waals surface area contributed by atoms with E-state index in [0.29, 0.717) is 5.92 Å². The standard InChI is InChI=1S/C17H28/c1-14(2)8-6-5-7-9-16-10-12-17(13-11-16)15(3)4/h10-15H,5-9H2,1-4H3. The lowest BCUT2D eigenvalue weighted by atomic mass is 9.99. The molecular weight excluding hydrogens is 204 g/mol. The van der Waals surface area contributed by atoms with E-state index in [2.05, 4.69) is 52.0 Å². The maximum atomic E-state index is 2.31. The monoisotopic (exact) mass is 232 g/mol. The van der Waals surface area contributed by atoms with Crippen LogP contribution in [-0.4, -0.2) is 0 Å². The van der Waals surface area contributed by atoms with Crippen molar-refractivity contribution in [2.45, 2.75) is 65.7 Å². The van der Waals surface area contributed by atoms with Gasteiger partial charge in [-0.15, -0.1) is 0 Å². The van der Waals surface area contributed by atoms with Crippen LogP contribution in [0.4, 0.5) is 0 Å². The SMILES string of the molecule is CC(C)CCCCCc1ccc(C(C)C)cc1. The molecule has 0 saturated carbocycles. The lowest BCUT2D eigenvalue weighted by molar-refractivity contribution is 0.527. The van der Waals surface area contributed by atoms with Gasteiger partial charge in [0.25, 0.3) is 0 Å². The number of unbranched alkanes of at least 4 members (excludes halogenated alkanes) is 2. The van der Waals surface area contributed by atoms with Gasteiger partial charge in [0.1, 0.15) is 0 Å². The Labute approximate surface area is 107 Å². The highest BCUT2D eigenvalue weighted by atomic mass is 14.0. The van der Waals surface area contributed by atoms with Gasteiger partial charge in [-0.05, 0) is 35.8 Å². The number of benzene rings is 1. The molecule has 0 N–H and O–H groups in total. The quantitative estimate of drug-likeness (QED) is 0.539. The van der Waals surface area contributed by atoms with Crippen LogP contribution in [0.3, 0.4) is 0 Å². The average molecular weight is 232 g/mol. The van der Waals surface area contributed by atoms with Gasteiger partial charge in [0.15, 0.2) is 0 Å². The van der Waals surface area contributed by atoms with Crippen molar-refractivity contribution in [2.24, 2.45) is 5.92 Å². The highest BCUT2D eigenvalue weighted by Gasteiger charge is 1.99. The number of hydrogen-bond donors (Lipinski definition) is 0. The van der Waals surface area contributed by atoms with Gasteiger partial charge in [0.2, 0.25) is 0 Å².